The Balaban J connectivity index is 2.58. The third-order valence-electron chi connectivity index (χ3n) is 3.06. The minimum absolute atomic E-state index is 0.329. The molecule has 0 aromatic heterocycles. The van der Waals surface area contributed by atoms with Crippen molar-refractivity contribution in [1.82, 2.24) is 5.32 Å². The molecule has 104 valence electrons. The first-order valence-corrected chi connectivity index (χ1v) is 7.74. The van der Waals surface area contributed by atoms with Crippen molar-refractivity contribution in [3.63, 3.8) is 0 Å². The summed E-state index contributed by atoms with van der Waals surface area (Å²) < 4.78 is 0. The van der Waals surface area contributed by atoms with E-state index in [0.29, 0.717) is 6.04 Å². The molecular formula is C16H24N2S. The Kier molecular flexibility index (Phi) is 5.90. The van der Waals surface area contributed by atoms with Crippen LogP contribution in [-0.2, 0) is 0 Å². The second-order valence-electron chi connectivity index (χ2n) is 5.61. The van der Waals surface area contributed by atoms with Gasteiger partial charge in [0.05, 0.1) is 6.07 Å². The van der Waals surface area contributed by atoms with E-state index in [1.54, 1.807) is 0 Å². The van der Waals surface area contributed by atoms with E-state index in [0.717, 1.165) is 12.2 Å². The Hall–Kier alpha value is -0.980. The highest BCUT2D eigenvalue weighted by molar-refractivity contribution is 7.99. The smallest absolute Gasteiger partial charge is 0.104 e. The van der Waals surface area contributed by atoms with Crippen LogP contribution in [0.15, 0.2) is 23.1 Å². The number of hydrogen-bond acceptors (Lipinski definition) is 3. The molecule has 0 radical (unpaired) electrons. The first kappa shape index (κ1) is 16.1. The van der Waals surface area contributed by atoms with Crippen molar-refractivity contribution >= 4 is 11.8 Å². The summed E-state index contributed by atoms with van der Waals surface area (Å²) in [5.41, 5.74) is 2.17. The van der Waals surface area contributed by atoms with E-state index in [4.69, 9.17) is 0 Å². The SMILES string of the molecule is Cc1ccc(C)c(SCCC(C)(C#N)NC(C)C)c1. The lowest BCUT2D eigenvalue weighted by Crippen LogP contribution is -2.45. The lowest BCUT2D eigenvalue weighted by molar-refractivity contribution is 0.397. The van der Waals surface area contributed by atoms with Crippen molar-refractivity contribution in [1.29, 1.82) is 5.26 Å². The van der Waals surface area contributed by atoms with E-state index in [2.05, 4.69) is 57.3 Å². The predicted molar refractivity (Wildman–Crippen MR) is 83.5 cm³/mol. The highest BCUT2D eigenvalue weighted by Gasteiger charge is 2.23. The van der Waals surface area contributed by atoms with Crippen molar-refractivity contribution in [2.24, 2.45) is 0 Å². The van der Waals surface area contributed by atoms with Gasteiger partial charge in [-0.2, -0.15) is 5.26 Å². The lowest BCUT2D eigenvalue weighted by Gasteiger charge is -2.25. The maximum atomic E-state index is 9.31. The molecule has 0 spiro atoms. The minimum Gasteiger partial charge on any atom is -0.297 e. The summed E-state index contributed by atoms with van der Waals surface area (Å²) in [6.45, 7) is 10.4. The van der Waals surface area contributed by atoms with Gasteiger partial charge in [-0.1, -0.05) is 17.7 Å². The molecule has 1 aromatic carbocycles. The molecule has 0 aliphatic heterocycles. The molecule has 2 nitrogen and oxygen atoms in total. The Morgan fingerprint density at radius 2 is 2.05 bits per heavy atom. The zero-order valence-corrected chi connectivity index (χ0v) is 13.4. The van der Waals surface area contributed by atoms with Gasteiger partial charge in [-0.25, -0.2) is 0 Å². The van der Waals surface area contributed by atoms with Crippen molar-refractivity contribution in [3.05, 3.63) is 29.3 Å². The Morgan fingerprint density at radius 1 is 1.37 bits per heavy atom. The topological polar surface area (TPSA) is 35.8 Å². The second-order valence-corrected chi connectivity index (χ2v) is 6.75. The van der Waals surface area contributed by atoms with Crippen LogP contribution in [0.5, 0.6) is 0 Å². The number of nitrogens with zero attached hydrogens (tertiary/aromatic N) is 1. The number of thioether (sulfide) groups is 1. The minimum atomic E-state index is -0.432. The lowest BCUT2D eigenvalue weighted by atomic mass is 10.0. The summed E-state index contributed by atoms with van der Waals surface area (Å²) in [5, 5.41) is 12.7. The van der Waals surface area contributed by atoms with E-state index < -0.39 is 5.54 Å². The highest BCUT2D eigenvalue weighted by Crippen LogP contribution is 2.26. The fraction of sp³-hybridized carbons (Fsp3) is 0.562. The third kappa shape index (κ3) is 5.26. The van der Waals surface area contributed by atoms with Crippen LogP contribution in [0.2, 0.25) is 0 Å². The Morgan fingerprint density at radius 3 is 2.63 bits per heavy atom. The van der Waals surface area contributed by atoms with Gasteiger partial charge in [0.2, 0.25) is 0 Å². The number of nitriles is 1. The van der Waals surface area contributed by atoms with E-state index in [1.807, 2.05) is 18.7 Å². The van der Waals surface area contributed by atoms with Crippen molar-refractivity contribution in [2.75, 3.05) is 5.75 Å². The molecule has 0 aliphatic carbocycles. The van der Waals surface area contributed by atoms with Gasteiger partial charge in [0, 0.05) is 16.7 Å². The molecular weight excluding hydrogens is 252 g/mol. The molecule has 0 fully saturated rings. The monoisotopic (exact) mass is 276 g/mol. The average molecular weight is 276 g/mol. The third-order valence-corrected chi connectivity index (χ3v) is 4.22. The number of rotatable bonds is 6. The van der Waals surface area contributed by atoms with Gasteiger partial charge in [-0.15, -0.1) is 11.8 Å². The highest BCUT2D eigenvalue weighted by atomic mass is 32.2. The maximum Gasteiger partial charge on any atom is 0.104 e. The molecule has 1 unspecified atom stereocenters. The van der Waals surface area contributed by atoms with Crippen LogP contribution in [-0.4, -0.2) is 17.3 Å². The summed E-state index contributed by atoms with van der Waals surface area (Å²) in [7, 11) is 0. The van der Waals surface area contributed by atoms with E-state index in [1.165, 1.54) is 16.0 Å². The molecule has 0 bridgehead atoms. The first-order valence-electron chi connectivity index (χ1n) is 6.75. The van der Waals surface area contributed by atoms with Crippen LogP contribution in [0.4, 0.5) is 0 Å². The van der Waals surface area contributed by atoms with Gasteiger partial charge >= 0.3 is 0 Å². The summed E-state index contributed by atoms with van der Waals surface area (Å²) in [4.78, 5) is 1.32. The Bertz CT molecular complexity index is 462. The zero-order chi connectivity index (χ0) is 14.5. The van der Waals surface area contributed by atoms with Gasteiger partial charge in [-0.3, -0.25) is 5.32 Å². The van der Waals surface area contributed by atoms with Gasteiger partial charge in [0.15, 0.2) is 0 Å². The molecule has 1 atom stereocenters. The molecule has 0 heterocycles. The van der Waals surface area contributed by atoms with Crippen LogP contribution in [0.25, 0.3) is 0 Å². The first-order chi connectivity index (χ1) is 8.86. The molecule has 19 heavy (non-hydrogen) atoms. The predicted octanol–water partition coefficient (Wildman–Crippen LogP) is 4.07. The number of hydrogen-bond donors (Lipinski definition) is 1. The van der Waals surface area contributed by atoms with Gasteiger partial charge in [0.25, 0.3) is 0 Å². The van der Waals surface area contributed by atoms with Crippen LogP contribution >= 0.6 is 11.8 Å². The quantitative estimate of drug-likeness (QED) is 0.796. The summed E-state index contributed by atoms with van der Waals surface area (Å²) in [6.07, 6.45) is 0.847. The number of benzene rings is 1. The fourth-order valence-electron chi connectivity index (χ4n) is 2.03. The van der Waals surface area contributed by atoms with Crippen LogP contribution in [0.1, 0.15) is 38.3 Å². The van der Waals surface area contributed by atoms with Gasteiger partial charge in [-0.05, 0) is 52.7 Å². The maximum absolute atomic E-state index is 9.31. The molecule has 3 heteroatoms. The van der Waals surface area contributed by atoms with Crippen LogP contribution < -0.4 is 5.32 Å². The summed E-state index contributed by atoms with van der Waals surface area (Å²) >= 11 is 1.84. The zero-order valence-electron chi connectivity index (χ0n) is 12.6. The molecule has 1 N–H and O–H groups in total. The van der Waals surface area contributed by atoms with Gasteiger partial charge in [0.1, 0.15) is 5.54 Å². The fourth-order valence-corrected chi connectivity index (χ4v) is 3.32. The molecule has 0 saturated carbocycles. The van der Waals surface area contributed by atoms with E-state index >= 15 is 0 Å². The molecule has 0 aliphatic rings. The molecule has 0 saturated heterocycles. The number of nitrogens with one attached hydrogen (secondary N) is 1. The van der Waals surface area contributed by atoms with Gasteiger partial charge < -0.3 is 0 Å². The average Bonchev–Trinajstić information content (AvgIpc) is 2.32. The normalized spacial score (nSPS) is 14.2. The van der Waals surface area contributed by atoms with Crippen LogP contribution in [0, 0.1) is 25.2 Å². The van der Waals surface area contributed by atoms with Crippen LogP contribution in [0.3, 0.4) is 0 Å². The summed E-state index contributed by atoms with van der Waals surface area (Å²) in [5.74, 6) is 0.952. The second kappa shape index (κ2) is 6.98. The molecule has 0 amide bonds. The molecule has 1 aromatic rings. The standard InChI is InChI=1S/C16H24N2S/c1-12(2)18-16(5,11-17)8-9-19-15-10-13(3)6-7-14(15)4/h6-7,10,12,18H,8-9H2,1-5H3. The largest absolute Gasteiger partial charge is 0.297 e. The molecule has 1 rings (SSSR count). The number of aryl methyl sites for hydroxylation is 2. The van der Waals surface area contributed by atoms with Crippen molar-refractivity contribution in [3.8, 4) is 6.07 Å². The van der Waals surface area contributed by atoms with E-state index in [9.17, 15) is 5.26 Å². The van der Waals surface area contributed by atoms with E-state index in [-0.39, 0.29) is 0 Å². The van der Waals surface area contributed by atoms with Crippen molar-refractivity contribution < 1.29 is 0 Å². The van der Waals surface area contributed by atoms with Crippen molar-refractivity contribution in [2.45, 2.75) is 57.5 Å². The summed E-state index contributed by atoms with van der Waals surface area (Å²) in [6, 6.07) is 9.25. The Labute approximate surface area is 121 Å².